The van der Waals surface area contributed by atoms with Crippen LogP contribution < -0.4 is 10.6 Å². The Kier molecular flexibility index (Phi) is 4.92. The topological polar surface area (TPSA) is 37.0 Å². The SMILES string of the molecule is CNc1nc(NC(C)CC(F)(F)F)c(Cl)cc1Cl. The standard InChI is InChI=1S/C10H12Cl2F3N3/c1-5(4-10(13,14)15)17-9-7(12)3-6(11)8(16-2)18-9/h3,5H,4H2,1-2H3,(H2,16,17,18). The van der Waals surface area contributed by atoms with Crippen molar-refractivity contribution < 1.29 is 13.2 Å². The fraction of sp³-hybridized carbons (Fsp3) is 0.500. The van der Waals surface area contributed by atoms with Crippen molar-refractivity contribution in [2.24, 2.45) is 0 Å². The summed E-state index contributed by atoms with van der Waals surface area (Å²) in [5.74, 6) is 0.518. The van der Waals surface area contributed by atoms with Gasteiger partial charge in [-0.15, -0.1) is 0 Å². The molecular formula is C10H12Cl2F3N3. The van der Waals surface area contributed by atoms with Crippen LogP contribution in [0.25, 0.3) is 0 Å². The highest BCUT2D eigenvalue weighted by Crippen LogP contribution is 2.30. The van der Waals surface area contributed by atoms with Gasteiger partial charge in [-0.05, 0) is 13.0 Å². The van der Waals surface area contributed by atoms with Gasteiger partial charge < -0.3 is 10.6 Å². The van der Waals surface area contributed by atoms with Gasteiger partial charge in [0, 0.05) is 13.1 Å². The molecule has 0 saturated heterocycles. The van der Waals surface area contributed by atoms with Crippen LogP contribution in [-0.2, 0) is 0 Å². The lowest BCUT2D eigenvalue weighted by Gasteiger charge is -2.18. The van der Waals surface area contributed by atoms with Crippen molar-refractivity contribution in [3.8, 4) is 0 Å². The maximum Gasteiger partial charge on any atom is 0.391 e. The molecule has 1 aromatic heterocycles. The molecule has 0 fully saturated rings. The van der Waals surface area contributed by atoms with Crippen LogP contribution in [0.15, 0.2) is 6.07 Å². The molecule has 0 aliphatic carbocycles. The first-order valence-electron chi connectivity index (χ1n) is 5.10. The van der Waals surface area contributed by atoms with Crippen molar-refractivity contribution in [3.63, 3.8) is 0 Å². The lowest BCUT2D eigenvalue weighted by atomic mass is 10.2. The molecule has 0 aliphatic rings. The molecule has 18 heavy (non-hydrogen) atoms. The summed E-state index contributed by atoms with van der Waals surface area (Å²) < 4.78 is 36.6. The van der Waals surface area contributed by atoms with Crippen LogP contribution in [0, 0.1) is 0 Å². The number of halogens is 5. The molecule has 3 nitrogen and oxygen atoms in total. The van der Waals surface area contributed by atoms with Gasteiger partial charge in [0.15, 0.2) is 0 Å². The van der Waals surface area contributed by atoms with Crippen LogP contribution in [0.4, 0.5) is 24.8 Å². The zero-order valence-corrected chi connectivity index (χ0v) is 11.2. The molecule has 1 rings (SSSR count). The smallest absolute Gasteiger partial charge is 0.372 e. The van der Waals surface area contributed by atoms with E-state index in [4.69, 9.17) is 23.2 Å². The molecule has 1 heterocycles. The Morgan fingerprint density at radius 1 is 1.28 bits per heavy atom. The van der Waals surface area contributed by atoms with Crippen LogP contribution in [0.2, 0.25) is 10.0 Å². The molecular weight excluding hydrogens is 290 g/mol. The van der Waals surface area contributed by atoms with E-state index in [1.165, 1.54) is 13.0 Å². The molecule has 0 radical (unpaired) electrons. The van der Waals surface area contributed by atoms with Crippen molar-refractivity contribution in [1.29, 1.82) is 0 Å². The molecule has 0 saturated carbocycles. The third-order valence-corrected chi connectivity index (χ3v) is 2.66. The highest BCUT2D eigenvalue weighted by molar-refractivity contribution is 6.37. The maximum absolute atomic E-state index is 12.2. The van der Waals surface area contributed by atoms with Crippen LogP contribution in [0.5, 0.6) is 0 Å². The summed E-state index contributed by atoms with van der Waals surface area (Å²) in [5.41, 5.74) is 0. The Morgan fingerprint density at radius 2 is 1.83 bits per heavy atom. The van der Waals surface area contributed by atoms with E-state index < -0.39 is 18.6 Å². The maximum atomic E-state index is 12.2. The van der Waals surface area contributed by atoms with Crippen molar-refractivity contribution in [1.82, 2.24) is 4.98 Å². The quantitative estimate of drug-likeness (QED) is 0.876. The van der Waals surface area contributed by atoms with Gasteiger partial charge in [0.1, 0.15) is 11.6 Å². The average Bonchev–Trinajstić information content (AvgIpc) is 2.19. The number of pyridine rings is 1. The first-order chi connectivity index (χ1) is 8.23. The monoisotopic (exact) mass is 301 g/mol. The van der Waals surface area contributed by atoms with Gasteiger partial charge in [0.2, 0.25) is 0 Å². The Morgan fingerprint density at radius 3 is 2.33 bits per heavy atom. The Bertz CT molecular complexity index is 424. The molecule has 0 spiro atoms. The summed E-state index contributed by atoms with van der Waals surface area (Å²) in [4.78, 5) is 4.01. The largest absolute Gasteiger partial charge is 0.391 e. The molecule has 2 N–H and O–H groups in total. The first kappa shape index (κ1) is 15.2. The number of nitrogens with one attached hydrogen (secondary N) is 2. The second kappa shape index (κ2) is 5.84. The lowest BCUT2D eigenvalue weighted by molar-refractivity contribution is -0.136. The van der Waals surface area contributed by atoms with Crippen molar-refractivity contribution >= 4 is 34.8 Å². The van der Waals surface area contributed by atoms with Crippen molar-refractivity contribution in [2.45, 2.75) is 25.6 Å². The van der Waals surface area contributed by atoms with Crippen molar-refractivity contribution in [3.05, 3.63) is 16.1 Å². The molecule has 8 heteroatoms. The fourth-order valence-electron chi connectivity index (χ4n) is 1.37. The first-order valence-corrected chi connectivity index (χ1v) is 5.85. The van der Waals surface area contributed by atoms with Gasteiger partial charge in [-0.1, -0.05) is 23.2 Å². The predicted octanol–water partition coefficient (Wildman–Crippen LogP) is 4.18. The molecule has 0 aliphatic heterocycles. The van der Waals surface area contributed by atoms with Gasteiger partial charge in [0.25, 0.3) is 0 Å². The van der Waals surface area contributed by atoms with Gasteiger partial charge in [-0.3, -0.25) is 0 Å². The van der Waals surface area contributed by atoms with E-state index in [9.17, 15) is 13.2 Å². The second-order valence-electron chi connectivity index (χ2n) is 3.76. The molecule has 0 bridgehead atoms. The summed E-state index contributed by atoms with van der Waals surface area (Å²) in [7, 11) is 1.60. The minimum Gasteiger partial charge on any atom is -0.372 e. The molecule has 1 atom stereocenters. The van der Waals surface area contributed by atoms with E-state index in [1.54, 1.807) is 7.05 Å². The van der Waals surface area contributed by atoms with Crippen LogP contribution in [0.1, 0.15) is 13.3 Å². The van der Waals surface area contributed by atoms with Gasteiger partial charge in [-0.25, -0.2) is 4.98 Å². The minimum absolute atomic E-state index is 0.169. The summed E-state index contributed by atoms with van der Waals surface area (Å²) >= 11 is 11.7. The minimum atomic E-state index is -4.24. The molecule has 0 amide bonds. The number of anilines is 2. The number of aromatic nitrogens is 1. The zero-order chi connectivity index (χ0) is 13.9. The van der Waals surface area contributed by atoms with E-state index >= 15 is 0 Å². The van der Waals surface area contributed by atoms with Crippen molar-refractivity contribution in [2.75, 3.05) is 17.7 Å². The summed E-state index contributed by atoms with van der Waals surface area (Å²) in [6.45, 7) is 1.40. The normalized spacial score (nSPS) is 13.3. The number of alkyl halides is 3. The van der Waals surface area contributed by atoms with E-state index in [1.807, 2.05) is 0 Å². The average molecular weight is 302 g/mol. The summed E-state index contributed by atoms with van der Waals surface area (Å²) in [6, 6.07) is 0.589. The number of hydrogen-bond donors (Lipinski definition) is 2. The Labute approximate surface area is 113 Å². The van der Waals surface area contributed by atoms with Crippen LogP contribution in [0.3, 0.4) is 0 Å². The van der Waals surface area contributed by atoms with Gasteiger partial charge >= 0.3 is 6.18 Å². The highest BCUT2D eigenvalue weighted by atomic mass is 35.5. The van der Waals surface area contributed by atoms with E-state index in [2.05, 4.69) is 15.6 Å². The zero-order valence-electron chi connectivity index (χ0n) is 9.70. The van der Waals surface area contributed by atoms with Gasteiger partial charge in [0.05, 0.1) is 16.5 Å². The fourth-order valence-corrected chi connectivity index (χ4v) is 1.88. The third kappa shape index (κ3) is 4.42. The number of rotatable bonds is 4. The van der Waals surface area contributed by atoms with Crippen LogP contribution in [-0.4, -0.2) is 24.2 Å². The Balaban J connectivity index is 2.84. The third-order valence-electron chi connectivity index (χ3n) is 2.09. The Hall–Kier alpha value is -0.880. The van der Waals surface area contributed by atoms with Gasteiger partial charge in [-0.2, -0.15) is 13.2 Å². The van der Waals surface area contributed by atoms with E-state index in [0.29, 0.717) is 10.8 Å². The van der Waals surface area contributed by atoms with E-state index in [0.717, 1.165) is 0 Å². The molecule has 0 aromatic carbocycles. The highest BCUT2D eigenvalue weighted by Gasteiger charge is 2.30. The molecule has 1 unspecified atom stereocenters. The lowest BCUT2D eigenvalue weighted by Crippen LogP contribution is -2.24. The number of nitrogens with zero attached hydrogens (tertiary/aromatic N) is 1. The summed E-state index contributed by atoms with van der Waals surface area (Å²) in [5, 5.41) is 5.80. The summed E-state index contributed by atoms with van der Waals surface area (Å²) in [6.07, 6.45) is -5.21. The second-order valence-corrected chi connectivity index (χ2v) is 4.58. The number of hydrogen-bond acceptors (Lipinski definition) is 3. The molecule has 1 aromatic rings. The predicted molar refractivity (Wildman–Crippen MR) is 67.6 cm³/mol. The van der Waals surface area contributed by atoms with Crippen LogP contribution >= 0.6 is 23.2 Å². The van der Waals surface area contributed by atoms with E-state index in [-0.39, 0.29) is 10.8 Å². The molecule has 102 valence electrons.